The van der Waals surface area contributed by atoms with E-state index in [0.29, 0.717) is 0 Å². The van der Waals surface area contributed by atoms with Crippen LogP contribution in [0.2, 0.25) is 0 Å². The van der Waals surface area contributed by atoms with Gasteiger partial charge in [0, 0.05) is 12.6 Å². The Labute approximate surface area is 150 Å². The van der Waals surface area contributed by atoms with Crippen LogP contribution in [-0.4, -0.2) is 8.94 Å². The van der Waals surface area contributed by atoms with Crippen LogP contribution in [-0.2, 0) is 7.05 Å². The molecule has 0 fully saturated rings. The number of aromatic nitrogens is 2. The third-order valence-corrected chi connectivity index (χ3v) is 4.74. The molecule has 0 atom stereocenters. The highest BCUT2D eigenvalue weighted by Gasteiger charge is 2.05. The van der Waals surface area contributed by atoms with E-state index in [2.05, 4.69) is 46.4 Å². The van der Waals surface area contributed by atoms with Crippen LogP contribution < -0.4 is 4.80 Å². The molecule has 3 nitrogen and oxygen atoms in total. The van der Waals surface area contributed by atoms with Crippen molar-refractivity contribution >= 4 is 17.2 Å². The van der Waals surface area contributed by atoms with E-state index in [1.807, 2.05) is 59.5 Å². The van der Waals surface area contributed by atoms with Crippen molar-refractivity contribution in [3.63, 3.8) is 0 Å². The molecule has 0 aliphatic carbocycles. The third kappa shape index (κ3) is 3.44. The highest BCUT2D eigenvalue weighted by atomic mass is 32.1. The molecule has 0 saturated carbocycles. The number of aryl methyl sites for hydroxylation is 1. The second-order valence-corrected chi connectivity index (χ2v) is 6.79. The van der Waals surface area contributed by atoms with Crippen LogP contribution in [0.15, 0.2) is 89.9 Å². The van der Waals surface area contributed by atoms with Crippen LogP contribution in [0.5, 0.6) is 0 Å². The summed E-state index contributed by atoms with van der Waals surface area (Å²) in [6.07, 6.45) is 0. The van der Waals surface area contributed by atoms with Gasteiger partial charge in [-0.1, -0.05) is 72.8 Å². The SMILES string of the molecule is Cn1sc(=Nc2ccc(-c3ccccc3)cc2)nc1-c1ccccc1. The van der Waals surface area contributed by atoms with E-state index < -0.39 is 0 Å². The van der Waals surface area contributed by atoms with Gasteiger partial charge in [-0.25, -0.2) is 4.99 Å². The summed E-state index contributed by atoms with van der Waals surface area (Å²) < 4.78 is 2.05. The van der Waals surface area contributed by atoms with Crippen molar-refractivity contribution in [1.29, 1.82) is 0 Å². The fraction of sp³-hybridized carbons (Fsp3) is 0.0476. The predicted molar refractivity (Wildman–Crippen MR) is 104 cm³/mol. The molecule has 4 rings (SSSR count). The zero-order valence-electron chi connectivity index (χ0n) is 13.8. The van der Waals surface area contributed by atoms with E-state index in [0.717, 1.165) is 21.9 Å². The molecule has 0 unspecified atom stereocenters. The predicted octanol–water partition coefficient (Wildman–Crippen LogP) is 5.05. The molecule has 1 aromatic heterocycles. The summed E-state index contributed by atoms with van der Waals surface area (Å²) in [5.41, 5.74) is 4.41. The van der Waals surface area contributed by atoms with Crippen molar-refractivity contribution in [3.05, 3.63) is 89.7 Å². The second kappa shape index (κ2) is 6.87. The molecule has 0 aliphatic rings. The average Bonchev–Trinajstić information content (AvgIpc) is 3.04. The largest absolute Gasteiger partial charge is 0.281 e. The first-order valence-corrected chi connectivity index (χ1v) is 8.87. The molecular formula is C21H17N3S. The van der Waals surface area contributed by atoms with Crippen molar-refractivity contribution < 1.29 is 0 Å². The second-order valence-electron chi connectivity index (χ2n) is 5.70. The molecule has 0 saturated heterocycles. The van der Waals surface area contributed by atoms with Gasteiger partial charge in [-0.05, 0) is 34.8 Å². The van der Waals surface area contributed by atoms with Crippen LogP contribution >= 0.6 is 11.5 Å². The van der Waals surface area contributed by atoms with Gasteiger partial charge >= 0.3 is 0 Å². The number of nitrogens with zero attached hydrogens (tertiary/aromatic N) is 3. The highest BCUT2D eigenvalue weighted by Crippen LogP contribution is 2.22. The van der Waals surface area contributed by atoms with E-state index in [9.17, 15) is 0 Å². The molecule has 25 heavy (non-hydrogen) atoms. The lowest BCUT2D eigenvalue weighted by Crippen LogP contribution is -1.96. The third-order valence-electron chi connectivity index (χ3n) is 3.95. The maximum Gasteiger partial charge on any atom is 0.227 e. The van der Waals surface area contributed by atoms with Crippen molar-refractivity contribution in [2.75, 3.05) is 0 Å². The monoisotopic (exact) mass is 343 g/mol. The van der Waals surface area contributed by atoms with Crippen LogP contribution in [0.1, 0.15) is 0 Å². The number of hydrogen-bond donors (Lipinski definition) is 0. The first-order chi connectivity index (χ1) is 12.3. The van der Waals surface area contributed by atoms with Gasteiger partial charge in [-0.2, -0.15) is 4.98 Å². The van der Waals surface area contributed by atoms with Crippen molar-refractivity contribution in [1.82, 2.24) is 8.94 Å². The Morgan fingerprint density at radius 3 is 1.92 bits per heavy atom. The average molecular weight is 343 g/mol. The molecule has 0 spiro atoms. The summed E-state index contributed by atoms with van der Waals surface area (Å²) in [7, 11) is 2.01. The van der Waals surface area contributed by atoms with Gasteiger partial charge < -0.3 is 0 Å². The lowest BCUT2D eigenvalue weighted by atomic mass is 10.1. The van der Waals surface area contributed by atoms with Gasteiger partial charge in [0.05, 0.1) is 5.69 Å². The quantitative estimate of drug-likeness (QED) is 0.512. The molecule has 4 aromatic rings. The zero-order valence-corrected chi connectivity index (χ0v) is 14.6. The minimum atomic E-state index is 0.758. The molecule has 0 N–H and O–H groups in total. The van der Waals surface area contributed by atoms with E-state index in [4.69, 9.17) is 0 Å². The van der Waals surface area contributed by atoms with Gasteiger partial charge in [0.25, 0.3) is 0 Å². The Balaban J connectivity index is 1.65. The minimum Gasteiger partial charge on any atom is -0.281 e. The first kappa shape index (κ1) is 15.5. The zero-order chi connectivity index (χ0) is 17.1. The maximum atomic E-state index is 4.67. The van der Waals surface area contributed by atoms with E-state index >= 15 is 0 Å². The van der Waals surface area contributed by atoms with Gasteiger partial charge in [0.2, 0.25) is 4.80 Å². The Hall–Kier alpha value is -2.98. The Kier molecular flexibility index (Phi) is 4.27. The standard InChI is InChI=1S/C21H17N3S/c1-24-20(18-10-6-3-7-11-18)23-21(25-24)22-19-14-12-17(13-15-19)16-8-4-2-5-9-16/h2-15H,1H3. The van der Waals surface area contributed by atoms with Gasteiger partial charge in [-0.15, -0.1) is 0 Å². The van der Waals surface area contributed by atoms with Crippen LogP contribution in [0.4, 0.5) is 5.69 Å². The van der Waals surface area contributed by atoms with Crippen molar-refractivity contribution in [2.45, 2.75) is 0 Å². The van der Waals surface area contributed by atoms with Crippen molar-refractivity contribution in [3.8, 4) is 22.5 Å². The Morgan fingerprint density at radius 2 is 1.28 bits per heavy atom. The summed E-state index contributed by atoms with van der Waals surface area (Å²) in [5, 5.41) is 0. The summed E-state index contributed by atoms with van der Waals surface area (Å²) in [6.45, 7) is 0. The highest BCUT2D eigenvalue weighted by molar-refractivity contribution is 7.03. The number of hydrogen-bond acceptors (Lipinski definition) is 3. The lowest BCUT2D eigenvalue weighted by molar-refractivity contribution is 1.00. The van der Waals surface area contributed by atoms with Gasteiger partial charge in [-0.3, -0.25) is 3.96 Å². The molecular weight excluding hydrogens is 326 g/mol. The van der Waals surface area contributed by atoms with E-state index in [-0.39, 0.29) is 0 Å². The molecule has 0 bridgehead atoms. The first-order valence-electron chi connectivity index (χ1n) is 8.09. The summed E-state index contributed by atoms with van der Waals surface area (Å²) in [4.78, 5) is 10.1. The molecule has 122 valence electrons. The molecule has 3 aromatic carbocycles. The fourth-order valence-corrected chi connectivity index (χ4v) is 3.45. The van der Waals surface area contributed by atoms with E-state index in [1.165, 1.54) is 11.1 Å². The maximum absolute atomic E-state index is 4.67. The number of rotatable bonds is 3. The van der Waals surface area contributed by atoms with Crippen LogP contribution in [0.3, 0.4) is 0 Å². The van der Waals surface area contributed by atoms with Crippen LogP contribution in [0, 0.1) is 0 Å². The molecule has 0 amide bonds. The summed E-state index contributed by atoms with van der Waals surface area (Å²) >= 11 is 1.54. The van der Waals surface area contributed by atoms with Gasteiger partial charge in [0.15, 0.2) is 5.82 Å². The molecule has 0 radical (unpaired) electrons. The van der Waals surface area contributed by atoms with Crippen LogP contribution in [0.25, 0.3) is 22.5 Å². The lowest BCUT2D eigenvalue weighted by Gasteiger charge is -2.01. The molecule has 1 heterocycles. The van der Waals surface area contributed by atoms with E-state index in [1.54, 1.807) is 11.5 Å². The topological polar surface area (TPSA) is 30.2 Å². The molecule has 0 aliphatic heterocycles. The molecule has 4 heteroatoms. The Bertz CT molecular complexity index is 1030. The minimum absolute atomic E-state index is 0.758. The number of benzene rings is 3. The summed E-state index contributed by atoms with van der Waals surface area (Å²) in [6, 6.07) is 28.8. The van der Waals surface area contributed by atoms with Crippen molar-refractivity contribution in [2.24, 2.45) is 12.0 Å². The normalized spacial score (nSPS) is 11.6. The Morgan fingerprint density at radius 1 is 0.720 bits per heavy atom. The smallest absolute Gasteiger partial charge is 0.227 e. The fourth-order valence-electron chi connectivity index (χ4n) is 2.70. The summed E-state index contributed by atoms with van der Waals surface area (Å²) in [5.74, 6) is 0.935. The van der Waals surface area contributed by atoms with Gasteiger partial charge in [0.1, 0.15) is 0 Å².